The van der Waals surface area contributed by atoms with E-state index in [0.29, 0.717) is 5.56 Å². The molecule has 18 heavy (non-hydrogen) atoms. The van der Waals surface area contributed by atoms with E-state index in [1.807, 2.05) is 0 Å². The van der Waals surface area contributed by atoms with Crippen LogP contribution in [0.3, 0.4) is 0 Å². The number of rotatable bonds is 5. The van der Waals surface area contributed by atoms with Gasteiger partial charge in [-0.2, -0.15) is 0 Å². The quantitative estimate of drug-likeness (QED) is 0.362. The molecule has 0 N–H and O–H groups in total. The lowest BCUT2D eigenvalue weighted by atomic mass is 10.1. The van der Waals surface area contributed by atoms with Crippen molar-refractivity contribution in [2.24, 2.45) is 0 Å². The van der Waals surface area contributed by atoms with Gasteiger partial charge in [0.15, 0.2) is 0 Å². The van der Waals surface area contributed by atoms with Gasteiger partial charge in [-0.25, -0.2) is 4.39 Å². The molecule has 5 nitrogen and oxygen atoms in total. The maximum atomic E-state index is 13.6. The molecule has 0 unspecified atom stereocenters. The molecule has 0 saturated carbocycles. The Kier molecular flexibility index (Phi) is 5.21. The SMILES string of the molecule is CCOC(=O)Cc1cc(CBr)c([N+](=O)[O-])cc1F. The molecule has 0 saturated heterocycles. The minimum Gasteiger partial charge on any atom is -0.466 e. The molecule has 0 aliphatic carbocycles. The van der Waals surface area contributed by atoms with Gasteiger partial charge in [-0.3, -0.25) is 14.9 Å². The van der Waals surface area contributed by atoms with Gasteiger partial charge in [0.1, 0.15) is 5.82 Å². The predicted molar refractivity (Wildman–Crippen MR) is 66.0 cm³/mol. The van der Waals surface area contributed by atoms with Crippen LogP contribution in [0.25, 0.3) is 0 Å². The van der Waals surface area contributed by atoms with Gasteiger partial charge in [0.2, 0.25) is 0 Å². The van der Waals surface area contributed by atoms with Gasteiger partial charge in [0.05, 0.1) is 24.0 Å². The number of hydrogen-bond donors (Lipinski definition) is 0. The van der Waals surface area contributed by atoms with Crippen molar-refractivity contribution in [3.8, 4) is 0 Å². The molecule has 0 aromatic heterocycles. The largest absolute Gasteiger partial charge is 0.466 e. The zero-order valence-electron chi connectivity index (χ0n) is 9.61. The number of nitrogens with zero attached hydrogens (tertiary/aromatic N) is 1. The smallest absolute Gasteiger partial charge is 0.310 e. The molecule has 1 rings (SSSR count). The lowest BCUT2D eigenvalue weighted by Crippen LogP contribution is -2.09. The van der Waals surface area contributed by atoms with Gasteiger partial charge >= 0.3 is 5.97 Å². The molecule has 0 atom stereocenters. The van der Waals surface area contributed by atoms with E-state index in [0.717, 1.165) is 6.07 Å². The minimum atomic E-state index is -0.778. The number of alkyl halides is 1. The highest BCUT2D eigenvalue weighted by molar-refractivity contribution is 9.08. The minimum absolute atomic E-state index is 0.0912. The Balaban J connectivity index is 3.07. The number of carbonyl (C=O) groups is 1. The van der Waals surface area contributed by atoms with E-state index in [9.17, 15) is 19.3 Å². The van der Waals surface area contributed by atoms with Crippen LogP contribution in [0, 0.1) is 15.9 Å². The number of carbonyl (C=O) groups excluding carboxylic acids is 1. The van der Waals surface area contributed by atoms with Crippen LogP contribution < -0.4 is 0 Å². The fraction of sp³-hybridized carbons (Fsp3) is 0.364. The molecule has 0 spiro atoms. The van der Waals surface area contributed by atoms with E-state index >= 15 is 0 Å². The summed E-state index contributed by atoms with van der Waals surface area (Å²) in [5.41, 5.74) is 0.103. The maximum absolute atomic E-state index is 13.6. The molecule has 0 radical (unpaired) electrons. The monoisotopic (exact) mass is 319 g/mol. The van der Waals surface area contributed by atoms with E-state index in [1.165, 1.54) is 6.07 Å². The van der Waals surface area contributed by atoms with Crippen molar-refractivity contribution in [1.82, 2.24) is 0 Å². The number of esters is 1. The second-order valence-corrected chi connectivity index (χ2v) is 4.01. The van der Waals surface area contributed by atoms with E-state index in [1.54, 1.807) is 6.92 Å². The molecule has 0 fully saturated rings. The molecule has 98 valence electrons. The van der Waals surface area contributed by atoms with Gasteiger partial charge in [0.25, 0.3) is 5.69 Å². The van der Waals surface area contributed by atoms with Gasteiger partial charge in [0, 0.05) is 10.9 Å². The summed E-state index contributed by atoms with van der Waals surface area (Å²) in [5.74, 6) is -1.34. The van der Waals surface area contributed by atoms with Crippen molar-refractivity contribution in [3.63, 3.8) is 0 Å². The first kappa shape index (κ1) is 14.6. The zero-order chi connectivity index (χ0) is 13.7. The zero-order valence-corrected chi connectivity index (χ0v) is 11.2. The summed E-state index contributed by atoms with van der Waals surface area (Å²) in [6.07, 6.45) is -0.238. The highest BCUT2D eigenvalue weighted by atomic mass is 79.9. The third kappa shape index (κ3) is 3.49. The first-order chi connectivity index (χ1) is 8.49. The second kappa shape index (κ2) is 6.44. The fourth-order valence-corrected chi connectivity index (χ4v) is 1.89. The molecule has 1 aromatic rings. The summed E-state index contributed by atoms with van der Waals surface area (Å²) in [6.45, 7) is 1.85. The molecule has 0 heterocycles. The topological polar surface area (TPSA) is 69.4 Å². The Labute approximate surface area is 111 Å². The van der Waals surface area contributed by atoms with Crippen LogP contribution >= 0.6 is 15.9 Å². The van der Waals surface area contributed by atoms with Gasteiger partial charge in [-0.1, -0.05) is 15.9 Å². The van der Waals surface area contributed by atoms with Crippen LogP contribution in [-0.4, -0.2) is 17.5 Å². The number of nitro groups is 1. The van der Waals surface area contributed by atoms with Gasteiger partial charge < -0.3 is 4.74 Å². The fourth-order valence-electron chi connectivity index (χ4n) is 1.44. The third-order valence-electron chi connectivity index (χ3n) is 2.23. The lowest BCUT2D eigenvalue weighted by Gasteiger charge is -2.06. The number of benzene rings is 1. The second-order valence-electron chi connectivity index (χ2n) is 3.44. The standard InChI is InChI=1S/C11H11BrFNO4/c1-2-18-11(15)4-7-3-8(6-12)10(14(16)17)5-9(7)13/h3,5H,2,4,6H2,1H3. The Bertz CT molecular complexity index is 478. The molecule has 0 bridgehead atoms. The molecule has 1 aromatic carbocycles. The summed E-state index contributed by atoms with van der Waals surface area (Å²) in [5, 5.41) is 10.9. The summed E-state index contributed by atoms with van der Waals surface area (Å²) >= 11 is 3.09. The Morgan fingerprint density at radius 1 is 1.50 bits per heavy atom. The number of nitro benzene ring substituents is 1. The molecule has 0 aliphatic rings. The summed E-state index contributed by atoms with van der Waals surface area (Å²) in [4.78, 5) is 21.3. The van der Waals surface area contributed by atoms with Crippen molar-refractivity contribution in [1.29, 1.82) is 0 Å². The van der Waals surface area contributed by atoms with Crippen molar-refractivity contribution >= 4 is 27.6 Å². The van der Waals surface area contributed by atoms with Crippen LogP contribution in [0.2, 0.25) is 0 Å². The highest BCUT2D eigenvalue weighted by Crippen LogP contribution is 2.25. The van der Waals surface area contributed by atoms with E-state index in [2.05, 4.69) is 15.9 Å². The Morgan fingerprint density at radius 3 is 2.67 bits per heavy atom. The van der Waals surface area contributed by atoms with E-state index < -0.39 is 16.7 Å². The van der Waals surface area contributed by atoms with Crippen LogP contribution in [0.4, 0.5) is 10.1 Å². The Morgan fingerprint density at radius 2 is 2.17 bits per heavy atom. The molecule has 0 aliphatic heterocycles. The molecular weight excluding hydrogens is 309 g/mol. The van der Waals surface area contributed by atoms with Gasteiger partial charge in [-0.05, 0) is 18.6 Å². The van der Waals surface area contributed by atoms with Gasteiger partial charge in [-0.15, -0.1) is 0 Å². The van der Waals surface area contributed by atoms with Crippen molar-refractivity contribution in [2.75, 3.05) is 6.61 Å². The van der Waals surface area contributed by atoms with Crippen molar-refractivity contribution in [3.05, 3.63) is 39.2 Å². The molecule has 7 heteroatoms. The normalized spacial score (nSPS) is 10.2. The highest BCUT2D eigenvalue weighted by Gasteiger charge is 2.19. The maximum Gasteiger partial charge on any atom is 0.310 e. The first-order valence-corrected chi connectivity index (χ1v) is 6.29. The van der Waals surface area contributed by atoms with Crippen LogP contribution in [0.15, 0.2) is 12.1 Å². The molecule has 0 amide bonds. The molecular formula is C11H11BrFNO4. The van der Waals surface area contributed by atoms with Crippen LogP contribution in [0.1, 0.15) is 18.1 Å². The average Bonchev–Trinajstić information content (AvgIpc) is 2.31. The summed E-state index contributed by atoms with van der Waals surface area (Å²) in [6, 6.07) is 2.13. The van der Waals surface area contributed by atoms with Crippen molar-refractivity contribution < 1.29 is 18.8 Å². The Hall–Kier alpha value is -1.50. The lowest BCUT2D eigenvalue weighted by molar-refractivity contribution is -0.385. The summed E-state index contributed by atoms with van der Waals surface area (Å²) < 4.78 is 18.3. The summed E-state index contributed by atoms with van der Waals surface area (Å²) in [7, 11) is 0. The first-order valence-electron chi connectivity index (χ1n) is 5.16. The predicted octanol–water partition coefficient (Wildman–Crippen LogP) is 2.73. The number of ether oxygens (including phenoxy) is 1. The van der Waals surface area contributed by atoms with Crippen molar-refractivity contribution in [2.45, 2.75) is 18.7 Å². The number of halogens is 2. The third-order valence-corrected chi connectivity index (χ3v) is 2.83. The van der Waals surface area contributed by atoms with Crippen LogP contribution in [0.5, 0.6) is 0 Å². The average molecular weight is 320 g/mol. The number of hydrogen-bond acceptors (Lipinski definition) is 4. The van der Waals surface area contributed by atoms with E-state index in [4.69, 9.17) is 4.74 Å². The van der Waals surface area contributed by atoms with Crippen LogP contribution in [-0.2, 0) is 21.3 Å². The van der Waals surface area contributed by atoms with E-state index in [-0.39, 0.29) is 29.6 Å².